The number of hydrogen-bond acceptors (Lipinski definition) is 4. The van der Waals surface area contributed by atoms with Gasteiger partial charge in [0.2, 0.25) is 0 Å². The molecule has 0 saturated heterocycles. The van der Waals surface area contributed by atoms with Crippen LogP contribution in [0.2, 0.25) is 5.02 Å². The molecule has 0 bridgehead atoms. The number of benzene rings is 2. The largest absolute Gasteiger partial charge is 0.449 e. The molecule has 0 spiro atoms. The molecular formula is C25H30ClN3O3. The highest BCUT2D eigenvalue weighted by Gasteiger charge is 2.23. The van der Waals surface area contributed by atoms with E-state index in [0.717, 1.165) is 38.9 Å². The lowest BCUT2D eigenvalue weighted by atomic mass is 9.99. The predicted octanol–water partition coefficient (Wildman–Crippen LogP) is 4.97. The van der Waals surface area contributed by atoms with Crippen LogP contribution < -0.4 is 10.6 Å². The Hall–Kier alpha value is -2.83. The van der Waals surface area contributed by atoms with Crippen molar-refractivity contribution < 1.29 is 14.3 Å². The zero-order valence-corrected chi connectivity index (χ0v) is 19.2. The van der Waals surface area contributed by atoms with Crippen LogP contribution >= 0.6 is 11.6 Å². The van der Waals surface area contributed by atoms with E-state index in [4.69, 9.17) is 22.1 Å². The van der Waals surface area contributed by atoms with Crippen molar-refractivity contribution in [1.29, 1.82) is 0 Å². The maximum atomic E-state index is 12.6. The quantitative estimate of drug-likeness (QED) is 0.541. The monoisotopic (exact) mass is 455 g/mol. The molecule has 32 heavy (non-hydrogen) atoms. The van der Waals surface area contributed by atoms with Gasteiger partial charge in [-0.3, -0.25) is 14.6 Å². The van der Waals surface area contributed by atoms with Gasteiger partial charge in [0.1, 0.15) is 0 Å². The number of halogens is 1. The fraction of sp³-hybridized carbons (Fsp3) is 0.360. The van der Waals surface area contributed by atoms with Crippen molar-refractivity contribution in [2.24, 2.45) is 5.73 Å². The van der Waals surface area contributed by atoms with E-state index in [0.29, 0.717) is 12.2 Å². The van der Waals surface area contributed by atoms with E-state index in [9.17, 15) is 9.59 Å². The third kappa shape index (κ3) is 6.11. The summed E-state index contributed by atoms with van der Waals surface area (Å²) >= 11 is 6.18. The molecule has 3 rings (SSSR count). The lowest BCUT2D eigenvalue weighted by molar-refractivity contribution is 0.100. The Morgan fingerprint density at radius 2 is 1.91 bits per heavy atom. The summed E-state index contributed by atoms with van der Waals surface area (Å²) in [7, 11) is 0. The van der Waals surface area contributed by atoms with E-state index < -0.39 is 12.0 Å². The molecular weight excluding hydrogens is 426 g/mol. The zero-order chi connectivity index (χ0) is 22.9. The van der Waals surface area contributed by atoms with Crippen molar-refractivity contribution in [3.05, 3.63) is 70.8 Å². The second-order valence-corrected chi connectivity index (χ2v) is 8.11. The van der Waals surface area contributed by atoms with Crippen LogP contribution in [-0.4, -0.2) is 49.7 Å². The number of rotatable bonds is 9. The molecule has 2 amide bonds. The molecule has 1 aliphatic rings. The molecule has 0 radical (unpaired) electrons. The van der Waals surface area contributed by atoms with E-state index in [1.54, 1.807) is 25.1 Å². The first-order chi connectivity index (χ1) is 15.5. The van der Waals surface area contributed by atoms with Crippen molar-refractivity contribution in [2.75, 3.05) is 37.7 Å². The molecule has 0 atom stereocenters. The first-order valence-corrected chi connectivity index (χ1v) is 11.4. The minimum Gasteiger partial charge on any atom is -0.449 e. The summed E-state index contributed by atoms with van der Waals surface area (Å²) in [6.07, 6.45) is 4.50. The van der Waals surface area contributed by atoms with Gasteiger partial charge in [0.05, 0.1) is 22.9 Å². The molecule has 7 heteroatoms. The summed E-state index contributed by atoms with van der Waals surface area (Å²) in [4.78, 5) is 28.4. The van der Waals surface area contributed by atoms with Crippen LogP contribution in [0.15, 0.2) is 54.6 Å². The highest BCUT2D eigenvalue weighted by atomic mass is 35.5. The van der Waals surface area contributed by atoms with Crippen molar-refractivity contribution in [3.63, 3.8) is 0 Å². The SMILES string of the molecule is CCOC(=O)N(CCCCN1CC=C(c2ccccc2)CC1)c1cccc(Cl)c1C(N)=O. The van der Waals surface area contributed by atoms with Crippen LogP contribution in [0.1, 0.15) is 42.1 Å². The molecule has 6 nitrogen and oxygen atoms in total. The molecule has 1 aliphatic heterocycles. The third-order valence-electron chi connectivity index (χ3n) is 5.56. The van der Waals surface area contributed by atoms with Crippen LogP contribution in [0.3, 0.4) is 0 Å². The van der Waals surface area contributed by atoms with Gasteiger partial charge in [-0.25, -0.2) is 4.79 Å². The Bertz CT molecular complexity index is 962. The minimum absolute atomic E-state index is 0.136. The number of carbonyl (C=O) groups excluding carboxylic acids is 2. The fourth-order valence-electron chi connectivity index (χ4n) is 3.93. The highest BCUT2D eigenvalue weighted by Crippen LogP contribution is 2.28. The van der Waals surface area contributed by atoms with Crippen LogP contribution in [0.5, 0.6) is 0 Å². The van der Waals surface area contributed by atoms with Gasteiger partial charge in [0, 0.05) is 19.6 Å². The average molecular weight is 456 g/mol. The maximum Gasteiger partial charge on any atom is 0.414 e. The summed E-state index contributed by atoms with van der Waals surface area (Å²) in [5.74, 6) is -0.672. The number of hydrogen-bond donors (Lipinski definition) is 1. The Kier molecular flexibility index (Phi) is 8.71. The lowest BCUT2D eigenvalue weighted by Crippen LogP contribution is -2.35. The number of primary amides is 1. The normalized spacial score (nSPS) is 14.0. The standard InChI is InChI=1S/C25H30ClN3O3/c1-2-32-25(31)29(22-12-8-11-21(26)23(22)24(27)30)16-7-6-15-28-17-13-20(14-18-28)19-9-4-3-5-10-19/h3-5,8-13H,2,6-7,14-18H2,1H3,(H2,27,30). The molecule has 2 aromatic rings. The van der Waals surface area contributed by atoms with E-state index in [1.807, 2.05) is 6.07 Å². The molecule has 2 N–H and O–H groups in total. The van der Waals surface area contributed by atoms with Gasteiger partial charge in [-0.05, 0) is 56.0 Å². The molecule has 0 unspecified atom stereocenters. The second-order valence-electron chi connectivity index (χ2n) is 7.70. The number of ether oxygens (including phenoxy) is 1. The van der Waals surface area contributed by atoms with E-state index in [-0.39, 0.29) is 17.2 Å². The van der Waals surface area contributed by atoms with E-state index in [2.05, 4.69) is 35.2 Å². The fourth-order valence-corrected chi connectivity index (χ4v) is 4.19. The highest BCUT2D eigenvalue weighted by molar-refractivity contribution is 6.34. The molecule has 1 heterocycles. The number of unbranched alkanes of at least 4 members (excludes halogenated alkanes) is 1. The third-order valence-corrected chi connectivity index (χ3v) is 5.88. The number of carbonyl (C=O) groups is 2. The van der Waals surface area contributed by atoms with Crippen molar-refractivity contribution in [1.82, 2.24) is 4.90 Å². The second kappa shape index (κ2) is 11.7. The number of anilines is 1. The summed E-state index contributed by atoms with van der Waals surface area (Å²) < 4.78 is 5.21. The van der Waals surface area contributed by atoms with Gasteiger partial charge in [0.15, 0.2) is 0 Å². The molecule has 2 aromatic carbocycles. The Labute approximate surface area is 194 Å². The lowest BCUT2D eigenvalue weighted by Gasteiger charge is -2.27. The Morgan fingerprint density at radius 3 is 2.56 bits per heavy atom. The molecule has 0 aliphatic carbocycles. The number of nitrogens with zero attached hydrogens (tertiary/aromatic N) is 2. The van der Waals surface area contributed by atoms with Crippen molar-refractivity contribution in [2.45, 2.75) is 26.2 Å². The van der Waals surface area contributed by atoms with Crippen LogP contribution in [0.25, 0.3) is 5.57 Å². The summed E-state index contributed by atoms with van der Waals surface area (Å²) in [6.45, 7) is 5.28. The van der Waals surface area contributed by atoms with E-state index >= 15 is 0 Å². The topological polar surface area (TPSA) is 75.9 Å². The van der Waals surface area contributed by atoms with Crippen molar-refractivity contribution >= 4 is 34.9 Å². The summed E-state index contributed by atoms with van der Waals surface area (Å²) in [5.41, 5.74) is 8.73. The predicted molar refractivity (Wildman–Crippen MR) is 129 cm³/mol. The Balaban J connectivity index is 1.58. The van der Waals surface area contributed by atoms with Gasteiger partial charge in [-0.1, -0.05) is 54.1 Å². The van der Waals surface area contributed by atoms with Crippen LogP contribution in [-0.2, 0) is 4.74 Å². The first kappa shape index (κ1) is 23.8. The van der Waals surface area contributed by atoms with Gasteiger partial charge >= 0.3 is 6.09 Å². The number of amides is 2. The molecule has 170 valence electrons. The molecule has 0 fully saturated rings. The molecule has 0 saturated carbocycles. The average Bonchev–Trinajstić information content (AvgIpc) is 2.80. The van der Waals surface area contributed by atoms with E-state index in [1.165, 1.54) is 16.0 Å². The summed E-state index contributed by atoms with van der Waals surface area (Å²) in [5, 5.41) is 0.221. The van der Waals surface area contributed by atoms with Gasteiger partial charge in [0.25, 0.3) is 5.91 Å². The van der Waals surface area contributed by atoms with Gasteiger partial charge < -0.3 is 10.5 Å². The van der Waals surface area contributed by atoms with Crippen LogP contribution in [0.4, 0.5) is 10.5 Å². The zero-order valence-electron chi connectivity index (χ0n) is 18.4. The van der Waals surface area contributed by atoms with Crippen molar-refractivity contribution in [3.8, 4) is 0 Å². The smallest absolute Gasteiger partial charge is 0.414 e. The first-order valence-electron chi connectivity index (χ1n) is 11.0. The maximum absolute atomic E-state index is 12.6. The Morgan fingerprint density at radius 1 is 1.12 bits per heavy atom. The number of nitrogens with two attached hydrogens (primary N) is 1. The molecule has 0 aromatic heterocycles. The minimum atomic E-state index is -0.672. The van der Waals surface area contributed by atoms with Gasteiger partial charge in [-0.2, -0.15) is 0 Å². The van der Waals surface area contributed by atoms with Gasteiger partial charge in [-0.15, -0.1) is 0 Å². The summed E-state index contributed by atoms with van der Waals surface area (Å²) in [6, 6.07) is 15.4. The van der Waals surface area contributed by atoms with Crippen LogP contribution in [0, 0.1) is 0 Å².